The Morgan fingerprint density at radius 1 is 1.38 bits per heavy atom. The van der Waals surface area contributed by atoms with Crippen LogP contribution in [0.4, 0.5) is 0 Å². The minimum atomic E-state index is 0.453. The Bertz CT molecular complexity index is 166. The van der Waals surface area contributed by atoms with Crippen LogP contribution in [0.3, 0.4) is 0 Å². The highest BCUT2D eigenvalue weighted by atomic mass is 32.2. The van der Waals surface area contributed by atoms with E-state index in [1.807, 2.05) is 0 Å². The van der Waals surface area contributed by atoms with E-state index in [1.54, 1.807) is 0 Å². The summed E-state index contributed by atoms with van der Waals surface area (Å²) in [4.78, 5) is 2.60. The zero-order chi connectivity index (χ0) is 9.15. The van der Waals surface area contributed by atoms with Crippen LogP contribution in [0, 0.1) is 0 Å². The van der Waals surface area contributed by atoms with Gasteiger partial charge in [-0.25, -0.2) is 4.72 Å². The van der Waals surface area contributed by atoms with Crippen molar-refractivity contribution in [2.45, 2.75) is 18.4 Å². The zero-order valence-corrected chi connectivity index (χ0v) is 8.70. The predicted molar refractivity (Wildman–Crippen MR) is 56.2 cm³/mol. The molecule has 76 valence electrons. The molecule has 4 N–H and O–H groups in total. The van der Waals surface area contributed by atoms with Gasteiger partial charge in [0.1, 0.15) is 0 Å². The Labute approximate surface area is 83.9 Å². The van der Waals surface area contributed by atoms with Crippen LogP contribution in [-0.2, 0) is 0 Å². The van der Waals surface area contributed by atoms with Crippen molar-refractivity contribution in [2.24, 2.45) is 5.14 Å². The fourth-order valence-corrected chi connectivity index (χ4v) is 2.42. The SMILES string of the molecule is NSNCC1(N2CCNCC2)CC1. The summed E-state index contributed by atoms with van der Waals surface area (Å²) < 4.78 is 3.18. The van der Waals surface area contributed by atoms with Crippen LogP contribution in [0.5, 0.6) is 0 Å². The number of nitrogens with one attached hydrogen (secondary N) is 2. The lowest BCUT2D eigenvalue weighted by Crippen LogP contribution is -2.52. The molecule has 0 aromatic rings. The monoisotopic (exact) mass is 202 g/mol. The first-order valence-electron chi connectivity index (χ1n) is 4.92. The summed E-state index contributed by atoms with van der Waals surface area (Å²) in [5, 5.41) is 8.75. The van der Waals surface area contributed by atoms with Crippen LogP contribution in [0.2, 0.25) is 0 Å². The summed E-state index contributed by atoms with van der Waals surface area (Å²) in [7, 11) is 0. The fourth-order valence-electron chi connectivity index (χ4n) is 2.06. The molecule has 5 heteroatoms. The van der Waals surface area contributed by atoms with Gasteiger partial charge in [-0.1, -0.05) is 0 Å². The molecule has 0 radical (unpaired) electrons. The van der Waals surface area contributed by atoms with E-state index >= 15 is 0 Å². The van der Waals surface area contributed by atoms with Crippen LogP contribution >= 0.6 is 12.1 Å². The van der Waals surface area contributed by atoms with Crippen LogP contribution in [0.1, 0.15) is 12.8 Å². The average molecular weight is 202 g/mol. The highest BCUT2D eigenvalue weighted by Gasteiger charge is 2.47. The molecule has 2 rings (SSSR count). The van der Waals surface area contributed by atoms with E-state index in [1.165, 1.54) is 38.1 Å². The lowest BCUT2D eigenvalue weighted by atomic mass is 10.2. The maximum atomic E-state index is 5.37. The van der Waals surface area contributed by atoms with Crippen molar-refractivity contribution in [3.63, 3.8) is 0 Å². The van der Waals surface area contributed by atoms with Crippen LogP contribution in [0.15, 0.2) is 0 Å². The number of rotatable bonds is 4. The average Bonchev–Trinajstić information content (AvgIpc) is 2.97. The first-order valence-corrected chi connectivity index (χ1v) is 5.80. The van der Waals surface area contributed by atoms with Crippen molar-refractivity contribution in [3.05, 3.63) is 0 Å². The van der Waals surface area contributed by atoms with Crippen LogP contribution in [0.25, 0.3) is 0 Å². The highest BCUT2D eigenvalue weighted by molar-refractivity contribution is 7.95. The number of nitrogens with two attached hydrogens (primary N) is 1. The van der Waals surface area contributed by atoms with Gasteiger partial charge in [-0.05, 0) is 12.8 Å². The van der Waals surface area contributed by atoms with Gasteiger partial charge in [0.15, 0.2) is 0 Å². The summed E-state index contributed by atoms with van der Waals surface area (Å²) >= 11 is 1.24. The molecule has 0 spiro atoms. The molecule has 0 atom stereocenters. The third-order valence-electron chi connectivity index (χ3n) is 3.10. The molecule has 1 aliphatic heterocycles. The second kappa shape index (κ2) is 4.14. The second-order valence-electron chi connectivity index (χ2n) is 3.90. The maximum absolute atomic E-state index is 5.37. The number of hydrogen-bond donors (Lipinski definition) is 3. The number of nitrogens with zero attached hydrogens (tertiary/aromatic N) is 1. The van der Waals surface area contributed by atoms with Crippen LogP contribution < -0.4 is 15.2 Å². The van der Waals surface area contributed by atoms with Gasteiger partial charge in [0.2, 0.25) is 0 Å². The van der Waals surface area contributed by atoms with Gasteiger partial charge in [0, 0.05) is 50.4 Å². The van der Waals surface area contributed by atoms with Gasteiger partial charge in [-0.2, -0.15) is 0 Å². The highest BCUT2D eigenvalue weighted by Crippen LogP contribution is 2.41. The lowest BCUT2D eigenvalue weighted by molar-refractivity contribution is 0.157. The number of piperazine rings is 1. The van der Waals surface area contributed by atoms with Crippen molar-refractivity contribution >= 4 is 12.1 Å². The van der Waals surface area contributed by atoms with E-state index < -0.39 is 0 Å². The molecule has 0 aromatic carbocycles. The van der Waals surface area contributed by atoms with Gasteiger partial charge in [0.25, 0.3) is 0 Å². The molecular weight excluding hydrogens is 184 g/mol. The van der Waals surface area contributed by atoms with Gasteiger partial charge in [-0.15, -0.1) is 0 Å². The first-order chi connectivity index (χ1) is 6.37. The first kappa shape index (κ1) is 9.73. The fraction of sp³-hybridized carbons (Fsp3) is 1.00. The molecule has 4 nitrogen and oxygen atoms in total. The quantitative estimate of drug-likeness (QED) is 0.538. The molecule has 0 amide bonds. The summed E-state index contributed by atoms with van der Waals surface area (Å²) in [6.45, 7) is 5.69. The Hall–Kier alpha value is 0.190. The predicted octanol–water partition coefficient (Wildman–Crippen LogP) is -0.464. The van der Waals surface area contributed by atoms with E-state index in [0.717, 1.165) is 19.6 Å². The van der Waals surface area contributed by atoms with Gasteiger partial charge < -0.3 is 5.32 Å². The van der Waals surface area contributed by atoms with Crippen molar-refractivity contribution in [3.8, 4) is 0 Å². The van der Waals surface area contributed by atoms with E-state index in [2.05, 4.69) is 14.9 Å². The summed E-state index contributed by atoms with van der Waals surface area (Å²) in [5.41, 5.74) is 0.453. The smallest absolute Gasteiger partial charge is 0.0346 e. The molecule has 1 aliphatic carbocycles. The second-order valence-corrected chi connectivity index (χ2v) is 4.42. The van der Waals surface area contributed by atoms with Crippen LogP contribution in [-0.4, -0.2) is 43.2 Å². The summed E-state index contributed by atoms with van der Waals surface area (Å²) in [5.74, 6) is 0. The molecule has 1 heterocycles. The minimum Gasteiger partial charge on any atom is -0.314 e. The normalized spacial score (nSPS) is 27.5. The summed E-state index contributed by atoms with van der Waals surface area (Å²) in [6.07, 6.45) is 2.67. The Kier molecular flexibility index (Phi) is 3.10. The van der Waals surface area contributed by atoms with Crippen molar-refractivity contribution in [1.82, 2.24) is 14.9 Å². The Morgan fingerprint density at radius 3 is 2.62 bits per heavy atom. The summed E-state index contributed by atoms with van der Waals surface area (Å²) in [6, 6.07) is 0. The standard InChI is InChI=1S/C8H18N4S/c9-13-11-7-8(1-2-8)12-5-3-10-4-6-12/h10-11H,1-7,9H2. The van der Waals surface area contributed by atoms with Gasteiger partial charge >= 0.3 is 0 Å². The Balaban J connectivity index is 1.82. The van der Waals surface area contributed by atoms with Crippen molar-refractivity contribution in [2.75, 3.05) is 32.7 Å². The maximum Gasteiger partial charge on any atom is 0.0346 e. The van der Waals surface area contributed by atoms with E-state index in [0.29, 0.717) is 5.54 Å². The zero-order valence-electron chi connectivity index (χ0n) is 7.88. The Morgan fingerprint density at radius 2 is 2.08 bits per heavy atom. The molecule has 0 aromatic heterocycles. The molecular formula is C8H18N4S. The lowest BCUT2D eigenvalue weighted by Gasteiger charge is -2.35. The van der Waals surface area contributed by atoms with Gasteiger partial charge in [-0.3, -0.25) is 10.0 Å². The topological polar surface area (TPSA) is 53.3 Å². The molecule has 1 saturated carbocycles. The van der Waals surface area contributed by atoms with E-state index in [4.69, 9.17) is 5.14 Å². The molecule has 1 saturated heterocycles. The number of hydrogen-bond acceptors (Lipinski definition) is 5. The molecule has 13 heavy (non-hydrogen) atoms. The molecule has 2 fully saturated rings. The minimum absolute atomic E-state index is 0.453. The molecule has 0 bridgehead atoms. The molecule has 0 unspecified atom stereocenters. The van der Waals surface area contributed by atoms with Gasteiger partial charge in [0.05, 0.1) is 0 Å². The third kappa shape index (κ3) is 2.16. The third-order valence-corrected chi connectivity index (χ3v) is 3.41. The van der Waals surface area contributed by atoms with E-state index in [-0.39, 0.29) is 0 Å². The largest absolute Gasteiger partial charge is 0.314 e. The van der Waals surface area contributed by atoms with E-state index in [9.17, 15) is 0 Å². The van der Waals surface area contributed by atoms with Crippen molar-refractivity contribution in [1.29, 1.82) is 0 Å². The molecule has 2 aliphatic rings. The van der Waals surface area contributed by atoms with Crippen molar-refractivity contribution < 1.29 is 0 Å².